The molecule has 0 bridgehead atoms. The topological polar surface area (TPSA) is 61.7 Å². The Bertz CT molecular complexity index is 205. The van der Waals surface area contributed by atoms with Gasteiger partial charge in [0, 0.05) is 13.1 Å². The van der Waals surface area contributed by atoms with E-state index in [0.717, 1.165) is 12.8 Å². The third-order valence-electron chi connectivity index (χ3n) is 3.58. The molecular weight excluding hydrogens is 230 g/mol. The molecule has 0 radical (unpaired) electrons. The van der Waals surface area contributed by atoms with Gasteiger partial charge in [-0.15, -0.1) is 0 Å². The average molecular weight is 259 g/mol. The summed E-state index contributed by atoms with van der Waals surface area (Å²) in [4.78, 5) is 0. The van der Waals surface area contributed by atoms with E-state index in [1.807, 2.05) is 13.8 Å². The third kappa shape index (κ3) is 6.69. The smallest absolute Gasteiger partial charge is 0.0897 e. The van der Waals surface area contributed by atoms with Crippen molar-refractivity contribution in [3.63, 3.8) is 0 Å². The fraction of sp³-hybridized carbons (Fsp3) is 1.00. The first-order chi connectivity index (χ1) is 8.59. The van der Waals surface area contributed by atoms with E-state index < -0.39 is 6.10 Å². The molecule has 3 N–H and O–H groups in total. The second kappa shape index (κ2) is 8.86. The molecule has 2 atom stereocenters. The first kappa shape index (κ1) is 15.9. The van der Waals surface area contributed by atoms with E-state index in [2.05, 4.69) is 5.32 Å². The lowest BCUT2D eigenvalue weighted by Gasteiger charge is -2.24. The van der Waals surface area contributed by atoms with E-state index in [4.69, 9.17) is 4.74 Å². The van der Waals surface area contributed by atoms with Gasteiger partial charge in [0.15, 0.2) is 0 Å². The van der Waals surface area contributed by atoms with Crippen LogP contribution in [0.2, 0.25) is 0 Å². The first-order valence-electron chi connectivity index (χ1n) is 7.28. The fourth-order valence-corrected chi connectivity index (χ4v) is 2.17. The summed E-state index contributed by atoms with van der Waals surface area (Å²) >= 11 is 0. The van der Waals surface area contributed by atoms with Crippen molar-refractivity contribution in [2.75, 3.05) is 19.7 Å². The molecule has 0 saturated heterocycles. The Morgan fingerprint density at radius 1 is 1.11 bits per heavy atom. The van der Waals surface area contributed by atoms with Crippen molar-refractivity contribution < 1.29 is 14.9 Å². The third-order valence-corrected chi connectivity index (χ3v) is 3.58. The van der Waals surface area contributed by atoms with Crippen LogP contribution in [0.25, 0.3) is 0 Å². The molecular formula is C14H29NO3. The highest BCUT2D eigenvalue weighted by Gasteiger charge is 2.15. The molecule has 0 heterocycles. The maximum atomic E-state index is 9.76. The van der Waals surface area contributed by atoms with Gasteiger partial charge in [0.1, 0.15) is 0 Å². The van der Waals surface area contributed by atoms with Crippen LogP contribution in [0.15, 0.2) is 0 Å². The molecule has 4 nitrogen and oxygen atoms in total. The molecule has 0 spiro atoms. The van der Waals surface area contributed by atoms with Gasteiger partial charge in [0.05, 0.1) is 24.9 Å². The Hall–Kier alpha value is -0.160. The highest BCUT2D eigenvalue weighted by atomic mass is 16.5. The fourth-order valence-electron chi connectivity index (χ4n) is 2.17. The van der Waals surface area contributed by atoms with Gasteiger partial charge in [-0.2, -0.15) is 0 Å². The van der Waals surface area contributed by atoms with Gasteiger partial charge >= 0.3 is 0 Å². The van der Waals surface area contributed by atoms with Crippen molar-refractivity contribution in [2.24, 2.45) is 5.92 Å². The maximum absolute atomic E-state index is 9.76. The van der Waals surface area contributed by atoms with Crippen LogP contribution in [-0.2, 0) is 4.74 Å². The zero-order chi connectivity index (χ0) is 13.4. The highest BCUT2D eigenvalue weighted by molar-refractivity contribution is 4.68. The highest BCUT2D eigenvalue weighted by Crippen LogP contribution is 2.20. The molecule has 0 aliphatic heterocycles. The summed E-state index contributed by atoms with van der Waals surface area (Å²) in [7, 11) is 0. The molecule has 1 aliphatic carbocycles. The van der Waals surface area contributed by atoms with Gasteiger partial charge in [-0.25, -0.2) is 0 Å². The van der Waals surface area contributed by atoms with Crippen LogP contribution >= 0.6 is 0 Å². The normalized spacial score (nSPS) is 21.2. The number of rotatable bonds is 8. The van der Waals surface area contributed by atoms with Crippen LogP contribution in [0, 0.1) is 5.92 Å². The number of hydrogen-bond acceptors (Lipinski definition) is 4. The quantitative estimate of drug-likeness (QED) is 0.615. The van der Waals surface area contributed by atoms with E-state index in [0.29, 0.717) is 25.8 Å². The lowest BCUT2D eigenvalue weighted by Crippen LogP contribution is -2.37. The molecule has 1 rings (SSSR count). The maximum Gasteiger partial charge on any atom is 0.0897 e. The summed E-state index contributed by atoms with van der Waals surface area (Å²) < 4.78 is 5.70. The SMILES string of the molecule is CC(C)C(O)CNCC(O)COC1CCCCC1. The molecule has 1 aliphatic rings. The number of aliphatic hydroxyl groups excluding tert-OH is 2. The number of aliphatic hydroxyl groups is 2. The number of nitrogens with one attached hydrogen (secondary N) is 1. The summed E-state index contributed by atoms with van der Waals surface area (Å²) in [6, 6.07) is 0. The summed E-state index contributed by atoms with van der Waals surface area (Å²) in [6.07, 6.45) is 5.59. The molecule has 0 aromatic rings. The van der Waals surface area contributed by atoms with Crippen LogP contribution in [0.5, 0.6) is 0 Å². The van der Waals surface area contributed by atoms with Crippen LogP contribution < -0.4 is 5.32 Å². The predicted molar refractivity (Wildman–Crippen MR) is 72.5 cm³/mol. The summed E-state index contributed by atoms with van der Waals surface area (Å²) in [5, 5.41) is 22.4. The van der Waals surface area contributed by atoms with Gasteiger partial charge in [-0.3, -0.25) is 0 Å². The molecule has 0 aromatic heterocycles. The standard InChI is InChI=1S/C14H29NO3/c1-11(2)14(17)9-15-8-12(16)10-18-13-6-4-3-5-7-13/h11-17H,3-10H2,1-2H3. The molecule has 2 unspecified atom stereocenters. The van der Waals surface area contributed by atoms with Crippen molar-refractivity contribution in [2.45, 2.75) is 64.3 Å². The van der Waals surface area contributed by atoms with Crippen molar-refractivity contribution in [1.29, 1.82) is 0 Å². The zero-order valence-corrected chi connectivity index (χ0v) is 11.8. The van der Waals surface area contributed by atoms with Crippen LogP contribution in [0.3, 0.4) is 0 Å². The van der Waals surface area contributed by atoms with E-state index in [9.17, 15) is 10.2 Å². The van der Waals surface area contributed by atoms with Gasteiger partial charge in [-0.1, -0.05) is 33.1 Å². The average Bonchev–Trinajstić information content (AvgIpc) is 2.37. The minimum absolute atomic E-state index is 0.244. The van der Waals surface area contributed by atoms with E-state index in [1.54, 1.807) is 0 Å². The van der Waals surface area contributed by atoms with E-state index >= 15 is 0 Å². The largest absolute Gasteiger partial charge is 0.392 e. The Morgan fingerprint density at radius 2 is 1.78 bits per heavy atom. The van der Waals surface area contributed by atoms with E-state index in [1.165, 1.54) is 19.3 Å². The van der Waals surface area contributed by atoms with E-state index in [-0.39, 0.29) is 12.0 Å². The lowest BCUT2D eigenvalue weighted by atomic mass is 9.98. The molecule has 18 heavy (non-hydrogen) atoms. The summed E-state index contributed by atoms with van der Waals surface area (Å²) in [5.74, 6) is 0.244. The zero-order valence-electron chi connectivity index (χ0n) is 11.8. The van der Waals surface area contributed by atoms with Gasteiger partial charge in [-0.05, 0) is 18.8 Å². The van der Waals surface area contributed by atoms with Crippen molar-refractivity contribution >= 4 is 0 Å². The Balaban J connectivity index is 2.01. The van der Waals surface area contributed by atoms with Gasteiger partial charge in [0.2, 0.25) is 0 Å². The number of hydrogen-bond donors (Lipinski definition) is 3. The number of ether oxygens (including phenoxy) is 1. The van der Waals surface area contributed by atoms with Crippen LogP contribution in [0.4, 0.5) is 0 Å². The van der Waals surface area contributed by atoms with Crippen LogP contribution in [-0.4, -0.2) is 48.2 Å². The van der Waals surface area contributed by atoms with Crippen molar-refractivity contribution in [1.82, 2.24) is 5.32 Å². The molecule has 108 valence electrons. The molecule has 4 heteroatoms. The second-order valence-electron chi connectivity index (χ2n) is 5.72. The van der Waals surface area contributed by atoms with Gasteiger partial charge in [0.25, 0.3) is 0 Å². The minimum Gasteiger partial charge on any atom is -0.392 e. The molecule has 1 saturated carbocycles. The minimum atomic E-state index is -0.480. The molecule has 0 aromatic carbocycles. The monoisotopic (exact) mass is 259 g/mol. The first-order valence-corrected chi connectivity index (χ1v) is 7.28. The summed E-state index contributed by atoms with van der Waals surface area (Å²) in [5.41, 5.74) is 0. The second-order valence-corrected chi connectivity index (χ2v) is 5.72. The lowest BCUT2D eigenvalue weighted by molar-refractivity contribution is -0.0238. The Kier molecular flexibility index (Phi) is 7.82. The molecule has 1 fully saturated rings. The summed E-state index contributed by atoms with van der Waals surface area (Å²) in [6.45, 7) is 5.37. The Labute approximate surface area is 111 Å². The Morgan fingerprint density at radius 3 is 2.39 bits per heavy atom. The van der Waals surface area contributed by atoms with Gasteiger partial charge < -0.3 is 20.3 Å². The van der Waals surface area contributed by atoms with Crippen LogP contribution in [0.1, 0.15) is 46.0 Å². The predicted octanol–water partition coefficient (Wildman–Crippen LogP) is 1.30. The van der Waals surface area contributed by atoms with Crippen molar-refractivity contribution in [3.8, 4) is 0 Å². The molecule has 0 amide bonds. The van der Waals surface area contributed by atoms with Crippen molar-refractivity contribution in [3.05, 3.63) is 0 Å².